The zero-order chi connectivity index (χ0) is 24.1. The highest BCUT2D eigenvalue weighted by Gasteiger charge is 2.12. The van der Waals surface area contributed by atoms with Gasteiger partial charge >= 0.3 is 0 Å². The standard InChI is InChI=1S/C23H24F2N2O.C3H9N/c1-5-19(24)9-6-15(2)14-27-23(26)21-12-18(13-22(28-4)16(21)3)17-7-10-20(25)11-8-17;1-2-3-4/h5-13H,2,14H2,1,3-4H3,(H2,26,27);2-4H2,1H3/b9-6-,19-5+;. The number of methoxy groups -OCH3 is 1. The summed E-state index contributed by atoms with van der Waals surface area (Å²) in [6.45, 7) is 10.5. The minimum absolute atomic E-state index is 0.238. The molecule has 0 aromatic heterocycles. The first kappa shape index (κ1) is 26.8. The van der Waals surface area contributed by atoms with Crippen LogP contribution in [0.1, 0.15) is 31.4 Å². The van der Waals surface area contributed by atoms with Gasteiger partial charge in [0.05, 0.1) is 13.7 Å². The van der Waals surface area contributed by atoms with E-state index in [1.165, 1.54) is 24.3 Å². The number of halogens is 2. The molecule has 0 heterocycles. The topological polar surface area (TPSA) is 73.6 Å². The summed E-state index contributed by atoms with van der Waals surface area (Å²) in [7, 11) is 1.58. The van der Waals surface area contributed by atoms with Crippen LogP contribution in [-0.2, 0) is 0 Å². The number of hydrogen-bond acceptors (Lipinski definition) is 3. The van der Waals surface area contributed by atoms with Gasteiger partial charge in [-0.2, -0.15) is 0 Å². The molecule has 6 heteroatoms. The van der Waals surface area contributed by atoms with Gasteiger partial charge in [0, 0.05) is 11.1 Å². The average Bonchev–Trinajstić information content (AvgIpc) is 2.81. The van der Waals surface area contributed by atoms with Crippen LogP contribution in [0.15, 0.2) is 77.6 Å². The van der Waals surface area contributed by atoms with Gasteiger partial charge in [0.15, 0.2) is 0 Å². The second-order valence-corrected chi connectivity index (χ2v) is 7.01. The lowest BCUT2D eigenvalue weighted by Gasteiger charge is -2.14. The molecule has 2 rings (SSSR count). The Labute approximate surface area is 190 Å². The maximum Gasteiger partial charge on any atom is 0.126 e. The number of amidine groups is 1. The monoisotopic (exact) mass is 441 g/mol. The summed E-state index contributed by atoms with van der Waals surface area (Å²) >= 11 is 0. The molecule has 0 saturated heterocycles. The van der Waals surface area contributed by atoms with E-state index in [-0.39, 0.29) is 18.2 Å². The molecular weight excluding hydrogens is 408 g/mol. The third kappa shape index (κ3) is 8.47. The number of aliphatic imine (C=N–C) groups is 1. The zero-order valence-electron chi connectivity index (χ0n) is 19.3. The molecule has 0 aliphatic heterocycles. The highest BCUT2D eigenvalue weighted by Crippen LogP contribution is 2.30. The van der Waals surface area contributed by atoms with Gasteiger partial charge in [-0.05, 0) is 73.9 Å². The number of hydrogen-bond donors (Lipinski definition) is 2. The average molecular weight is 442 g/mol. The lowest BCUT2D eigenvalue weighted by Crippen LogP contribution is -2.16. The van der Waals surface area contributed by atoms with E-state index in [1.807, 2.05) is 19.1 Å². The van der Waals surface area contributed by atoms with Gasteiger partial charge in [0.25, 0.3) is 0 Å². The number of nitrogens with zero attached hydrogens (tertiary/aromatic N) is 1. The first-order valence-electron chi connectivity index (χ1n) is 10.4. The van der Waals surface area contributed by atoms with Crippen LogP contribution in [0.3, 0.4) is 0 Å². The van der Waals surface area contributed by atoms with Gasteiger partial charge in [-0.15, -0.1) is 0 Å². The number of allylic oxidation sites excluding steroid dienone is 3. The van der Waals surface area contributed by atoms with Crippen LogP contribution in [0.25, 0.3) is 11.1 Å². The quantitative estimate of drug-likeness (QED) is 0.306. The van der Waals surface area contributed by atoms with Crippen LogP contribution in [0.4, 0.5) is 8.78 Å². The Balaban J connectivity index is 0.00000118. The van der Waals surface area contributed by atoms with Gasteiger partial charge in [-0.1, -0.05) is 37.8 Å². The van der Waals surface area contributed by atoms with Crippen molar-refractivity contribution in [2.24, 2.45) is 16.5 Å². The van der Waals surface area contributed by atoms with Crippen LogP contribution in [0.5, 0.6) is 5.75 Å². The van der Waals surface area contributed by atoms with Crippen molar-refractivity contribution < 1.29 is 13.5 Å². The van der Waals surface area contributed by atoms with E-state index in [1.54, 1.807) is 32.2 Å². The third-order valence-corrected chi connectivity index (χ3v) is 4.53. The predicted octanol–water partition coefficient (Wildman–Crippen LogP) is 5.86. The van der Waals surface area contributed by atoms with E-state index in [4.69, 9.17) is 16.2 Å². The molecule has 2 aromatic carbocycles. The molecule has 0 bridgehead atoms. The minimum atomic E-state index is -0.342. The highest BCUT2D eigenvalue weighted by molar-refractivity contribution is 6.00. The van der Waals surface area contributed by atoms with E-state index < -0.39 is 0 Å². The Hall–Kier alpha value is -3.25. The van der Waals surface area contributed by atoms with Crippen molar-refractivity contribution in [2.75, 3.05) is 20.2 Å². The van der Waals surface area contributed by atoms with Crippen molar-refractivity contribution in [1.29, 1.82) is 0 Å². The molecule has 4 N–H and O–H groups in total. The normalized spacial score (nSPS) is 11.8. The minimum Gasteiger partial charge on any atom is -0.496 e. The smallest absolute Gasteiger partial charge is 0.126 e. The van der Waals surface area contributed by atoms with Crippen LogP contribution in [-0.4, -0.2) is 26.0 Å². The van der Waals surface area contributed by atoms with E-state index in [2.05, 4.69) is 18.5 Å². The molecule has 0 atom stereocenters. The Bertz CT molecular complexity index is 975. The molecule has 0 saturated carbocycles. The Morgan fingerprint density at radius 1 is 1.16 bits per heavy atom. The summed E-state index contributed by atoms with van der Waals surface area (Å²) in [5, 5.41) is 0. The van der Waals surface area contributed by atoms with Crippen molar-refractivity contribution in [2.45, 2.75) is 27.2 Å². The summed E-state index contributed by atoms with van der Waals surface area (Å²) in [6, 6.07) is 9.96. The molecular formula is C26H33F2N3O. The fourth-order valence-corrected chi connectivity index (χ4v) is 2.59. The van der Waals surface area contributed by atoms with E-state index in [0.29, 0.717) is 17.2 Å². The van der Waals surface area contributed by atoms with Gasteiger partial charge < -0.3 is 16.2 Å². The van der Waals surface area contributed by atoms with Crippen LogP contribution >= 0.6 is 0 Å². The number of ether oxygens (including phenoxy) is 1. The summed E-state index contributed by atoms with van der Waals surface area (Å²) in [5.74, 6) is 0.334. The molecule has 2 aromatic rings. The summed E-state index contributed by atoms with van der Waals surface area (Å²) < 4.78 is 31.8. The largest absolute Gasteiger partial charge is 0.496 e. The summed E-state index contributed by atoms with van der Waals surface area (Å²) in [6.07, 6.45) is 5.35. The Kier molecular flexibility index (Phi) is 11.7. The van der Waals surface area contributed by atoms with Gasteiger partial charge in [-0.3, -0.25) is 4.99 Å². The molecule has 0 aliphatic rings. The lowest BCUT2D eigenvalue weighted by atomic mass is 9.98. The van der Waals surface area contributed by atoms with Crippen LogP contribution in [0, 0.1) is 12.7 Å². The first-order valence-corrected chi connectivity index (χ1v) is 10.4. The molecule has 4 nitrogen and oxygen atoms in total. The lowest BCUT2D eigenvalue weighted by molar-refractivity contribution is 0.412. The maximum atomic E-state index is 13.2. The zero-order valence-corrected chi connectivity index (χ0v) is 19.3. The first-order chi connectivity index (χ1) is 15.3. The molecule has 0 unspecified atom stereocenters. The van der Waals surface area contributed by atoms with Gasteiger partial charge in [0.1, 0.15) is 23.2 Å². The van der Waals surface area contributed by atoms with E-state index in [0.717, 1.165) is 35.2 Å². The van der Waals surface area contributed by atoms with Crippen molar-refractivity contribution in [1.82, 2.24) is 0 Å². The predicted molar refractivity (Wildman–Crippen MR) is 131 cm³/mol. The molecule has 0 aliphatic carbocycles. The SMILES string of the molecule is C=C(/C=C\C(F)=C/C)CN=C(N)c1cc(-c2ccc(F)cc2)cc(OC)c1C.CCCN. The van der Waals surface area contributed by atoms with Crippen molar-refractivity contribution >= 4 is 5.84 Å². The number of rotatable bonds is 8. The highest BCUT2D eigenvalue weighted by atomic mass is 19.1. The molecule has 0 fully saturated rings. The molecule has 0 amide bonds. The van der Waals surface area contributed by atoms with Crippen LogP contribution in [0.2, 0.25) is 0 Å². The van der Waals surface area contributed by atoms with Crippen molar-refractivity contribution in [3.8, 4) is 16.9 Å². The molecule has 32 heavy (non-hydrogen) atoms. The van der Waals surface area contributed by atoms with Crippen LogP contribution < -0.4 is 16.2 Å². The van der Waals surface area contributed by atoms with E-state index in [9.17, 15) is 8.78 Å². The number of benzene rings is 2. The molecule has 0 spiro atoms. The van der Waals surface area contributed by atoms with E-state index >= 15 is 0 Å². The van der Waals surface area contributed by atoms with Gasteiger partial charge in [0.2, 0.25) is 0 Å². The Morgan fingerprint density at radius 3 is 2.31 bits per heavy atom. The third-order valence-electron chi connectivity index (χ3n) is 4.53. The van der Waals surface area contributed by atoms with Gasteiger partial charge in [-0.25, -0.2) is 8.78 Å². The maximum absolute atomic E-state index is 13.2. The Morgan fingerprint density at radius 2 is 1.78 bits per heavy atom. The second-order valence-electron chi connectivity index (χ2n) is 7.01. The summed E-state index contributed by atoms with van der Waals surface area (Å²) in [5.41, 5.74) is 15.1. The second kappa shape index (κ2) is 13.9. The fourth-order valence-electron chi connectivity index (χ4n) is 2.59. The fraction of sp³-hybridized carbons (Fsp3) is 0.269. The number of nitrogens with two attached hydrogens (primary N) is 2. The van der Waals surface area contributed by atoms with Crippen molar-refractivity contribution in [3.05, 3.63) is 89.5 Å². The molecule has 0 radical (unpaired) electrons. The van der Waals surface area contributed by atoms with Crippen molar-refractivity contribution in [3.63, 3.8) is 0 Å². The summed E-state index contributed by atoms with van der Waals surface area (Å²) in [4.78, 5) is 4.37. The molecule has 172 valence electrons.